The molecular formula is C19H25NO2. The van der Waals surface area contributed by atoms with Gasteiger partial charge in [0.25, 0.3) is 0 Å². The van der Waals surface area contributed by atoms with Crippen molar-refractivity contribution in [3.05, 3.63) is 35.4 Å². The molecule has 2 fully saturated rings. The lowest BCUT2D eigenvalue weighted by molar-refractivity contribution is -0.134. The Hall–Kier alpha value is -1.35. The molecule has 0 N–H and O–H groups in total. The number of fused-ring (bicyclic) bond motifs is 1. The van der Waals surface area contributed by atoms with Gasteiger partial charge in [0, 0.05) is 25.1 Å². The van der Waals surface area contributed by atoms with Crippen molar-refractivity contribution in [1.29, 1.82) is 0 Å². The van der Waals surface area contributed by atoms with E-state index in [0.717, 1.165) is 45.4 Å². The van der Waals surface area contributed by atoms with Gasteiger partial charge in [-0.15, -0.1) is 0 Å². The fourth-order valence-electron chi connectivity index (χ4n) is 4.02. The van der Waals surface area contributed by atoms with E-state index in [9.17, 15) is 4.79 Å². The SMILES string of the molecule is O=C([C@H]1CCCc2ccccc21)N(C[C@@H]1CCOC1)C1CC1. The maximum atomic E-state index is 13.2. The summed E-state index contributed by atoms with van der Waals surface area (Å²) in [5.74, 6) is 1.01. The monoisotopic (exact) mass is 299 g/mol. The van der Waals surface area contributed by atoms with Crippen LogP contribution in [-0.2, 0) is 16.0 Å². The summed E-state index contributed by atoms with van der Waals surface area (Å²) < 4.78 is 5.50. The zero-order valence-corrected chi connectivity index (χ0v) is 13.2. The molecule has 3 heteroatoms. The second-order valence-electron chi connectivity index (χ2n) is 7.10. The van der Waals surface area contributed by atoms with Crippen molar-refractivity contribution in [3.8, 4) is 0 Å². The molecule has 118 valence electrons. The van der Waals surface area contributed by atoms with Gasteiger partial charge < -0.3 is 9.64 Å². The number of aryl methyl sites for hydroxylation is 1. The van der Waals surface area contributed by atoms with Crippen LogP contribution >= 0.6 is 0 Å². The molecule has 0 spiro atoms. The van der Waals surface area contributed by atoms with Gasteiger partial charge in [-0.2, -0.15) is 0 Å². The number of nitrogens with zero attached hydrogens (tertiary/aromatic N) is 1. The maximum Gasteiger partial charge on any atom is 0.230 e. The van der Waals surface area contributed by atoms with E-state index in [2.05, 4.69) is 29.2 Å². The van der Waals surface area contributed by atoms with E-state index in [1.807, 2.05) is 0 Å². The molecule has 1 saturated carbocycles. The molecule has 3 aliphatic rings. The molecule has 3 nitrogen and oxygen atoms in total. The number of rotatable bonds is 4. The van der Waals surface area contributed by atoms with Crippen LogP contribution in [-0.4, -0.2) is 36.6 Å². The number of carbonyl (C=O) groups excluding carboxylic acids is 1. The van der Waals surface area contributed by atoms with Gasteiger partial charge in [0.2, 0.25) is 5.91 Å². The normalized spacial score (nSPS) is 27.5. The fourth-order valence-corrected chi connectivity index (χ4v) is 4.02. The second-order valence-corrected chi connectivity index (χ2v) is 7.10. The molecule has 2 aliphatic carbocycles. The lowest BCUT2D eigenvalue weighted by Gasteiger charge is -2.32. The first-order valence-corrected chi connectivity index (χ1v) is 8.79. The number of carbonyl (C=O) groups is 1. The van der Waals surface area contributed by atoms with Crippen molar-refractivity contribution < 1.29 is 9.53 Å². The standard InChI is InChI=1S/C19H25NO2/c21-19(18-7-3-5-15-4-1-2-6-17(15)18)20(16-8-9-16)12-14-10-11-22-13-14/h1-2,4,6,14,16,18H,3,5,7-13H2/t14-,18-/m0/s1. The van der Waals surface area contributed by atoms with Crippen LogP contribution in [0.5, 0.6) is 0 Å². The summed E-state index contributed by atoms with van der Waals surface area (Å²) in [6.45, 7) is 2.60. The summed E-state index contributed by atoms with van der Waals surface area (Å²) in [6.07, 6.45) is 6.76. The highest BCUT2D eigenvalue weighted by Crippen LogP contribution is 2.37. The Bertz CT molecular complexity index is 546. The molecule has 1 aromatic carbocycles. The molecule has 1 saturated heterocycles. The van der Waals surface area contributed by atoms with Crippen molar-refractivity contribution in [2.75, 3.05) is 19.8 Å². The van der Waals surface area contributed by atoms with E-state index < -0.39 is 0 Å². The van der Waals surface area contributed by atoms with Crippen LogP contribution in [0.25, 0.3) is 0 Å². The smallest absolute Gasteiger partial charge is 0.230 e. The average Bonchev–Trinajstić information content (AvgIpc) is 3.27. The minimum absolute atomic E-state index is 0.0906. The lowest BCUT2D eigenvalue weighted by Crippen LogP contribution is -2.41. The van der Waals surface area contributed by atoms with Crippen molar-refractivity contribution in [2.24, 2.45) is 5.92 Å². The van der Waals surface area contributed by atoms with Crippen molar-refractivity contribution in [3.63, 3.8) is 0 Å². The minimum atomic E-state index is 0.0906. The van der Waals surface area contributed by atoms with Crippen LogP contribution in [0, 0.1) is 5.92 Å². The van der Waals surface area contributed by atoms with Gasteiger partial charge in [0.15, 0.2) is 0 Å². The topological polar surface area (TPSA) is 29.5 Å². The molecule has 1 aliphatic heterocycles. The van der Waals surface area contributed by atoms with Gasteiger partial charge in [-0.3, -0.25) is 4.79 Å². The van der Waals surface area contributed by atoms with Gasteiger partial charge in [-0.1, -0.05) is 24.3 Å². The summed E-state index contributed by atoms with van der Waals surface area (Å²) in [5, 5.41) is 0. The van der Waals surface area contributed by atoms with E-state index in [1.165, 1.54) is 24.0 Å². The van der Waals surface area contributed by atoms with Crippen LogP contribution in [0.3, 0.4) is 0 Å². The molecule has 2 atom stereocenters. The number of amides is 1. The molecule has 1 aromatic rings. The Morgan fingerprint density at radius 2 is 2.05 bits per heavy atom. The summed E-state index contributed by atoms with van der Waals surface area (Å²) in [6, 6.07) is 9.04. The largest absolute Gasteiger partial charge is 0.381 e. The summed E-state index contributed by atoms with van der Waals surface area (Å²) in [4.78, 5) is 15.4. The third-order valence-corrected chi connectivity index (χ3v) is 5.42. The fraction of sp³-hybridized carbons (Fsp3) is 0.632. The quantitative estimate of drug-likeness (QED) is 0.855. The van der Waals surface area contributed by atoms with Gasteiger partial charge in [-0.05, 0) is 49.7 Å². The third kappa shape index (κ3) is 2.79. The lowest BCUT2D eigenvalue weighted by atomic mass is 9.82. The Balaban J connectivity index is 1.54. The summed E-state index contributed by atoms with van der Waals surface area (Å²) in [7, 11) is 0. The van der Waals surface area contributed by atoms with E-state index in [4.69, 9.17) is 4.74 Å². The van der Waals surface area contributed by atoms with Gasteiger partial charge in [-0.25, -0.2) is 0 Å². The molecule has 0 unspecified atom stereocenters. The molecule has 1 amide bonds. The predicted molar refractivity (Wildman–Crippen MR) is 85.8 cm³/mol. The zero-order chi connectivity index (χ0) is 14.9. The third-order valence-electron chi connectivity index (χ3n) is 5.42. The Kier molecular flexibility index (Phi) is 3.91. The van der Waals surface area contributed by atoms with Crippen LogP contribution in [0.15, 0.2) is 24.3 Å². The van der Waals surface area contributed by atoms with E-state index >= 15 is 0 Å². The van der Waals surface area contributed by atoms with Gasteiger partial charge in [0.05, 0.1) is 12.5 Å². The second kappa shape index (κ2) is 6.04. The van der Waals surface area contributed by atoms with Crippen LogP contribution < -0.4 is 0 Å². The Morgan fingerprint density at radius 1 is 1.18 bits per heavy atom. The van der Waals surface area contributed by atoms with E-state index in [0.29, 0.717) is 17.9 Å². The Morgan fingerprint density at radius 3 is 2.82 bits per heavy atom. The maximum absolute atomic E-state index is 13.2. The molecule has 22 heavy (non-hydrogen) atoms. The van der Waals surface area contributed by atoms with Crippen molar-refractivity contribution in [2.45, 2.75) is 50.5 Å². The van der Waals surface area contributed by atoms with Gasteiger partial charge >= 0.3 is 0 Å². The Labute approximate surface area is 132 Å². The summed E-state index contributed by atoms with van der Waals surface area (Å²) >= 11 is 0. The predicted octanol–water partition coefficient (Wildman–Crippen LogP) is 3.13. The number of hydrogen-bond donors (Lipinski definition) is 0. The number of hydrogen-bond acceptors (Lipinski definition) is 2. The first kappa shape index (κ1) is 14.3. The minimum Gasteiger partial charge on any atom is -0.381 e. The summed E-state index contributed by atoms with van der Waals surface area (Å²) in [5.41, 5.74) is 2.67. The van der Waals surface area contributed by atoms with E-state index in [1.54, 1.807) is 0 Å². The van der Waals surface area contributed by atoms with E-state index in [-0.39, 0.29) is 5.92 Å². The van der Waals surface area contributed by atoms with Crippen LogP contribution in [0.2, 0.25) is 0 Å². The van der Waals surface area contributed by atoms with Crippen molar-refractivity contribution in [1.82, 2.24) is 4.90 Å². The highest BCUT2D eigenvalue weighted by atomic mass is 16.5. The highest BCUT2D eigenvalue weighted by Gasteiger charge is 2.38. The molecule has 0 radical (unpaired) electrons. The highest BCUT2D eigenvalue weighted by molar-refractivity contribution is 5.85. The molecule has 4 rings (SSSR count). The zero-order valence-electron chi connectivity index (χ0n) is 13.2. The first-order valence-electron chi connectivity index (χ1n) is 8.79. The van der Waals surface area contributed by atoms with Crippen LogP contribution in [0.1, 0.15) is 49.1 Å². The average molecular weight is 299 g/mol. The number of ether oxygens (including phenoxy) is 1. The van der Waals surface area contributed by atoms with Gasteiger partial charge in [0.1, 0.15) is 0 Å². The first-order chi connectivity index (χ1) is 10.8. The van der Waals surface area contributed by atoms with Crippen LogP contribution in [0.4, 0.5) is 0 Å². The number of benzene rings is 1. The molecular weight excluding hydrogens is 274 g/mol. The molecule has 0 bridgehead atoms. The molecule has 0 aromatic heterocycles. The molecule has 1 heterocycles. The van der Waals surface area contributed by atoms with Crippen molar-refractivity contribution >= 4 is 5.91 Å².